The van der Waals surface area contributed by atoms with E-state index in [1.807, 2.05) is 42.5 Å². The van der Waals surface area contributed by atoms with Gasteiger partial charge in [0, 0.05) is 19.7 Å². The molecule has 0 aliphatic heterocycles. The van der Waals surface area contributed by atoms with Gasteiger partial charge in [-0.3, -0.25) is 0 Å². The van der Waals surface area contributed by atoms with Crippen LogP contribution < -0.4 is 5.32 Å². The molecule has 0 aliphatic rings. The fourth-order valence-electron chi connectivity index (χ4n) is 1.88. The highest BCUT2D eigenvalue weighted by molar-refractivity contribution is 9.11. The number of halogens is 3. The van der Waals surface area contributed by atoms with Crippen molar-refractivity contribution in [3.8, 4) is 0 Å². The summed E-state index contributed by atoms with van der Waals surface area (Å²) in [5.41, 5.74) is 0.904. The molecule has 1 aromatic heterocycles. The van der Waals surface area contributed by atoms with E-state index in [-0.39, 0.29) is 0 Å². The SMILES string of the molecule is Clc1nnc(Nc2cc(Br)ccc2Br)c2ccccc12. The highest BCUT2D eigenvalue weighted by Gasteiger charge is 2.09. The van der Waals surface area contributed by atoms with Gasteiger partial charge in [0.1, 0.15) is 0 Å². The second-order valence-corrected chi connectivity index (χ2v) is 6.26. The van der Waals surface area contributed by atoms with Crippen molar-refractivity contribution in [2.45, 2.75) is 0 Å². The first kappa shape index (κ1) is 13.8. The van der Waals surface area contributed by atoms with Crippen LogP contribution >= 0.6 is 43.5 Å². The maximum absolute atomic E-state index is 6.07. The Bertz CT molecular complexity index is 792. The summed E-state index contributed by atoms with van der Waals surface area (Å²) in [6.07, 6.45) is 0. The maximum atomic E-state index is 6.07. The zero-order valence-corrected chi connectivity index (χ0v) is 14.0. The molecule has 0 amide bonds. The molecular weight excluding hydrogens is 405 g/mol. The fraction of sp³-hybridized carbons (Fsp3) is 0. The van der Waals surface area contributed by atoms with Crippen LogP contribution in [0.15, 0.2) is 51.4 Å². The summed E-state index contributed by atoms with van der Waals surface area (Å²) in [6.45, 7) is 0. The average Bonchev–Trinajstić information content (AvgIpc) is 2.46. The molecule has 1 N–H and O–H groups in total. The van der Waals surface area contributed by atoms with E-state index in [1.54, 1.807) is 0 Å². The predicted octanol–water partition coefficient (Wildman–Crippen LogP) is 5.55. The molecule has 0 saturated heterocycles. The molecule has 0 fully saturated rings. The molecule has 3 rings (SSSR count). The third-order valence-corrected chi connectivity index (χ3v) is 4.29. The number of fused-ring (bicyclic) bond motifs is 1. The summed E-state index contributed by atoms with van der Waals surface area (Å²) in [6, 6.07) is 13.6. The summed E-state index contributed by atoms with van der Waals surface area (Å²) in [7, 11) is 0. The molecule has 0 radical (unpaired) electrons. The molecule has 2 aromatic carbocycles. The molecule has 100 valence electrons. The lowest BCUT2D eigenvalue weighted by Gasteiger charge is -2.10. The Balaban J connectivity index is 2.11. The van der Waals surface area contributed by atoms with Gasteiger partial charge in [-0.15, -0.1) is 10.2 Å². The minimum atomic E-state index is 0.402. The van der Waals surface area contributed by atoms with Gasteiger partial charge in [-0.05, 0) is 34.1 Å². The van der Waals surface area contributed by atoms with Crippen LogP contribution in [0.5, 0.6) is 0 Å². The Morgan fingerprint density at radius 1 is 0.950 bits per heavy atom. The Kier molecular flexibility index (Phi) is 3.92. The van der Waals surface area contributed by atoms with Crippen molar-refractivity contribution >= 4 is 65.7 Å². The second kappa shape index (κ2) is 5.68. The lowest BCUT2D eigenvalue weighted by Crippen LogP contribution is -1.98. The molecule has 20 heavy (non-hydrogen) atoms. The van der Waals surface area contributed by atoms with E-state index < -0.39 is 0 Å². The van der Waals surface area contributed by atoms with E-state index in [9.17, 15) is 0 Å². The van der Waals surface area contributed by atoms with Crippen molar-refractivity contribution in [3.63, 3.8) is 0 Å². The normalized spacial score (nSPS) is 10.8. The lowest BCUT2D eigenvalue weighted by molar-refractivity contribution is 1.05. The molecule has 0 bridgehead atoms. The summed E-state index contributed by atoms with van der Waals surface area (Å²) in [5.74, 6) is 0.670. The van der Waals surface area contributed by atoms with Gasteiger partial charge >= 0.3 is 0 Å². The summed E-state index contributed by atoms with van der Waals surface area (Å²) in [5, 5.41) is 13.6. The Morgan fingerprint density at radius 3 is 2.50 bits per heavy atom. The first-order chi connectivity index (χ1) is 9.65. The number of benzene rings is 2. The van der Waals surface area contributed by atoms with Crippen molar-refractivity contribution in [1.82, 2.24) is 10.2 Å². The van der Waals surface area contributed by atoms with Gasteiger partial charge in [-0.25, -0.2) is 0 Å². The predicted molar refractivity (Wildman–Crippen MR) is 89.7 cm³/mol. The molecule has 0 saturated carbocycles. The average molecular weight is 414 g/mol. The molecule has 0 atom stereocenters. The second-order valence-electron chi connectivity index (χ2n) is 4.13. The molecule has 0 spiro atoms. The topological polar surface area (TPSA) is 37.8 Å². The van der Waals surface area contributed by atoms with E-state index in [2.05, 4.69) is 47.4 Å². The summed E-state index contributed by atoms with van der Waals surface area (Å²) < 4.78 is 1.93. The van der Waals surface area contributed by atoms with E-state index in [0.29, 0.717) is 11.0 Å². The Labute approximate surface area is 137 Å². The van der Waals surface area contributed by atoms with Crippen LogP contribution in [0, 0.1) is 0 Å². The monoisotopic (exact) mass is 411 g/mol. The molecule has 3 aromatic rings. The smallest absolute Gasteiger partial charge is 0.161 e. The molecule has 0 unspecified atom stereocenters. The van der Waals surface area contributed by atoms with Gasteiger partial charge < -0.3 is 5.32 Å². The quantitative estimate of drug-likeness (QED) is 0.598. The van der Waals surface area contributed by atoms with Gasteiger partial charge in [0.25, 0.3) is 0 Å². The zero-order valence-electron chi connectivity index (χ0n) is 10.1. The van der Waals surface area contributed by atoms with Gasteiger partial charge in [0.05, 0.1) is 5.69 Å². The number of nitrogens with zero attached hydrogens (tertiary/aromatic N) is 2. The third kappa shape index (κ3) is 2.66. The van der Waals surface area contributed by atoms with Gasteiger partial charge in [0.15, 0.2) is 11.0 Å². The van der Waals surface area contributed by atoms with Crippen molar-refractivity contribution < 1.29 is 0 Å². The molecule has 1 heterocycles. The van der Waals surface area contributed by atoms with Gasteiger partial charge in [-0.1, -0.05) is 51.8 Å². The minimum absolute atomic E-state index is 0.402. The van der Waals surface area contributed by atoms with Gasteiger partial charge in [0.2, 0.25) is 0 Å². The molecule has 3 nitrogen and oxygen atoms in total. The van der Waals surface area contributed by atoms with Crippen LogP contribution in [0.1, 0.15) is 0 Å². The van der Waals surface area contributed by atoms with E-state index in [0.717, 1.165) is 25.4 Å². The highest BCUT2D eigenvalue weighted by Crippen LogP contribution is 2.32. The van der Waals surface area contributed by atoms with Crippen LogP contribution in [0.3, 0.4) is 0 Å². The van der Waals surface area contributed by atoms with Crippen LogP contribution in [-0.2, 0) is 0 Å². The number of nitrogens with one attached hydrogen (secondary N) is 1. The maximum Gasteiger partial charge on any atom is 0.161 e. The molecular formula is C14H8Br2ClN3. The van der Waals surface area contributed by atoms with E-state index in [1.165, 1.54) is 0 Å². The number of anilines is 2. The van der Waals surface area contributed by atoms with Crippen LogP contribution in [0.2, 0.25) is 5.15 Å². The third-order valence-electron chi connectivity index (χ3n) is 2.82. The van der Waals surface area contributed by atoms with Crippen LogP contribution in [0.25, 0.3) is 10.8 Å². The summed E-state index contributed by atoms with van der Waals surface area (Å²) in [4.78, 5) is 0. The fourth-order valence-corrected chi connectivity index (χ4v) is 2.79. The number of hydrogen-bond donors (Lipinski definition) is 1. The van der Waals surface area contributed by atoms with Crippen LogP contribution in [-0.4, -0.2) is 10.2 Å². The largest absolute Gasteiger partial charge is 0.337 e. The van der Waals surface area contributed by atoms with Gasteiger partial charge in [-0.2, -0.15) is 0 Å². The number of hydrogen-bond acceptors (Lipinski definition) is 3. The Hall–Kier alpha value is -1.17. The first-order valence-corrected chi connectivity index (χ1v) is 7.74. The van der Waals surface area contributed by atoms with Crippen LogP contribution in [0.4, 0.5) is 11.5 Å². The first-order valence-electron chi connectivity index (χ1n) is 5.78. The van der Waals surface area contributed by atoms with E-state index >= 15 is 0 Å². The zero-order chi connectivity index (χ0) is 14.1. The van der Waals surface area contributed by atoms with Crippen molar-refractivity contribution in [2.24, 2.45) is 0 Å². The van der Waals surface area contributed by atoms with Crippen molar-refractivity contribution in [2.75, 3.05) is 5.32 Å². The lowest BCUT2D eigenvalue weighted by atomic mass is 10.2. The Morgan fingerprint density at radius 2 is 1.70 bits per heavy atom. The number of aromatic nitrogens is 2. The van der Waals surface area contributed by atoms with E-state index in [4.69, 9.17) is 11.6 Å². The number of rotatable bonds is 2. The van der Waals surface area contributed by atoms with Crippen molar-refractivity contribution in [3.05, 3.63) is 56.6 Å². The minimum Gasteiger partial charge on any atom is -0.337 e. The summed E-state index contributed by atoms with van der Waals surface area (Å²) >= 11 is 13.0. The highest BCUT2D eigenvalue weighted by atomic mass is 79.9. The molecule has 0 aliphatic carbocycles. The van der Waals surface area contributed by atoms with Crippen molar-refractivity contribution in [1.29, 1.82) is 0 Å². The molecule has 6 heteroatoms. The standard InChI is InChI=1S/C14H8Br2ClN3/c15-8-5-6-11(16)12(7-8)18-14-10-4-2-1-3-9(10)13(17)19-20-14/h1-7H,(H,18,20).